The number of rotatable bonds is 9. The zero-order valence-corrected chi connectivity index (χ0v) is 17.1. The minimum absolute atomic E-state index is 0.216. The van der Waals surface area contributed by atoms with Gasteiger partial charge in [-0.15, -0.1) is 0 Å². The van der Waals surface area contributed by atoms with Gasteiger partial charge < -0.3 is 5.11 Å². The predicted molar refractivity (Wildman–Crippen MR) is 112 cm³/mol. The largest absolute Gasteiger partial charge is 0.508 e. The smallest absolute Gasteiger partial charge is 0.119 e. The van der Waals surface area contributed by atoms with E-state index in [1.165, 1.54) is 11.1 Å². The van der Waals surface area contributed by atoms with Crippen LogP contribution in [0.25, 0.3) is 0 Å². The number of aromatic hydroxyl groups is 1. The maximum Gasteiger partial charge on any atom is 0.119 e. The SMILES string of the molecule is CCCc1ccc(O)c(C(CCN(C(C)C)C(C)C)c2ccccc2)c1. The molecule has 1 atom stereocenters. The first-order valence-corrected chi connectivity index (χ1v) is 10.1. The van der Waals surface area contributed by atoms with Crippen molar-refractivity contribution < 1.29 is 5.11 Å². The van der Waals surface area contributed by atoms with Crippen LogP contribution in [-0.2, 0) is 6.42 Å². The number of hydrogen-bond acceptors (Lipinski definition) is 2. The summed E-state index contributed by atoms with van der Waals surface area (Å²) < 4.78 is 0. The van der Waals surface area contributed by atoms with E-state index in [0.717, 1.165) is 31.4 Å². The van der Waals surface area contributed by atoms with Crippen molar-refractivity contribution in [3.63, 3.8) is 0 Å². The first-order valence-electron chi connectivity index (χ1n) is 10.1. The second-order valence-electron chi connectivity index (χ2n) is 7.82. The molecule has 2 aromatic rings. The molecule has 2 rings (SSSR count). The van der Waals surface area contributed by atoms with Gasteiger partial charge in [0.1, 0.15) is 5.75 Å². The number of phenolic OH excluding ortho intramolecular Hbond substituents is 1. The van der Waals surface area contributed by atoms with Crippen molar-refractivity contribution in [2.45, 2.75) is 71.9 Å². The normalized spacial score (nSPS) is 12.9. The first kappa shape index (κ1) is 20.5. The van der Waals surface area contributed by atoms with E-state index in [0.29, 0.717) is 17.8 Å². The van der Waals surface area contributed by atoms with Crippen molar-refractivity contribution in [1.29, 1.82) is 0 Å². The molecule has 142 valence electrons. The van der Waals surface area contributed by atoms with Gasteiger partial charge in [-0.1, -0.05) is 55.8 Å². The maximum atomic E-state index is 10.6. The van der Waals surface area contributed by atoms with Crippen molar-refractivity contribution in [1.82, 2.24) is 4.90 Å². The van der Waals surface area contributed by atoms with Crippen LogP contribution in [0.2, 0.25) is 0 Å². The molecular weight excluding hydrogens is 318 g/mol. The summed E-state index contributed by atoms with van der Waals surface area (Å²) in [6, 6.07) is 17.8. The molecule has 0 radical (unpaired) electrons. The van der Waals surface area contributed by atoms with Crippen molar-refractivity contribution in [2.75, 3.05) is 6.54 Å². The molecule has 0 saturated carbocycles. The zero-order valence-electron chi connectivity index (χ0n) is 17.1. The van der Waals surface area contributed by atoms with Gasteiger partial charge in [-0.25, -0.2) is 0 Å². The lowest BCUT2D eigenvalue weighted by atomic mass is 9.86. The van der Waals surface area contributed by atoms with E-state index < -0.39 is 0 Å². The van der Waals surface area contributed by atoms with E-state index in [4.69, 9.17) is 0 Å². The van der Waals surface area contributed by atoms with E-state index in [9.17, 15) is 5.11 Å². The Labute approximate surface area is 159 Å². The van der Waals surface area contributed by atoms with Crippen LogP contribution in [-0.4, -0.2) is 28.6 Å². The van der Waals surface area contributed by atoms with Gasteiger partial charge in [-0.2, -0.15) is 0 Å². The molecule has 2 nitrogen and oxygen atoms in total. The predicted octanol–water partition coefficient (Wildman–Crippen LogP) is 5.99. The highest BCUT2D eigenvalue weighted by Crippen LogP contribution is 2.35. The molecular formula is C24H35NO. The fraction of sp³-hybridized carbons (Fsp3) is 0.500. The van der Waals surface area contributed by atoms with Gasteiger partial charge in [0.25, 0.3) is 0 Å². The van der Waals surface area contributed by atoms with Crippen LogP contribution >= 0.6 is 0 Å². The molecule has 1 unspecified atom stereocenters. The average molecular weight is 354 g/mol. The Kier molecular flexibility index (Phi) is 7.71. The zero-order chi connectivity index (χ0) is 19.1. The van der Waals surface area contributed by atoms with Crippen LogP contribution in [0.15, 0.2) is 48.5 Å². The summed E-state index contributed by atoms with van der Waals surface area (Å²) in [7, 11) is 0. The molecule has 2 heteroatoms. The Balaban J connectivity index is 2.35. The van der Waals surface area contributed by atoms with Gasteiger partial charge in [0.05, 0.1) is 0 Å². The lowest BCUT2D eigenvalue weighted by molar-refractivity contribution is 0.170. The summed E-state index contributed by atoms with van der Waals surface area (Å²) >= 11 is 0. The molecule has 0 aliphatic rings. The van der Waals surface area contributed by atoms with Gasteiger partial charge in [-0.3, -0.25) is 4.90 Å². The molecule has 26 heavy (non-hydrogen) atoms. The molecule has 0 spiro atoms. The molecule has 1 N–H and O–H groups in total. The third kappa shape index (κ3) is 5.35. The molecule has 0 fully saturated rings. The average Bonchev–Trinajstić information content (AvgIpc) is 2.61. The van der Waals surface area contributed by atoms with Gasteiger partial charge in [0.15, 0.2) is 0 Å². The van der Waals surface area contributed by atoms with Crippen LogP contribution in [0.5, 0.6) is 5.75 Å². The number of phenols is 1. The molecule has 0 saturated heterocycles. The minimum Gasteiger partial charge on any atom is -0.508 e. The van der Waals surface area contributed by atoms with E-state index in [-0.39, 0.29) is 5.92 Å². The van der Waals surface area contributed by atoms with Crippen molar-refractivity contribution in [3.05, 3.63) is 65.2 Å². The highest BCUT2D eigenvalue weighted by Gasteiger charge is 2.21. The van der Waals surface area contributed by atoms with Crippen LogP contribution < -0.4 is 0 Å². The highest BCUT2D eigenvalue weighted by atomic mass is 16.3. The minimum atomic E-state index is 0.216. The lowest BCUT2D eigenvalue weighted by Crippen LogP contribution is -2.38. The second kappa shape index (κ2) is 9.78. The van der Waals surface area contributed by atoms with Crippen LogP contribution in [0.3, 0.4) is 0 Å². The molecule has 2 aromatic carbocycles. The van der Waals surface area contributed by atoms with Gasteiger partial charge in [0.2, 0.25) is 0 Å². The van der Waals surface area contributed by atoms with E-state index in [1.807, 2.05) is 6.07 Å². The molecule has 0 aromatic heterocycles. The monoisotopic (exact) mass is 353 g/mol. The van der Waals surface area contributed by atoms with Gasteiger partial charge in [0, 0.05) is 23.6 Å². The number of benzene rings is 2. The molecule has 0 bridgehead atoms. The summed E-state index contributed by atoms with van der Waals surface area (Å²) in [5, 5.41) is 10.6. The summed E-state index contributed by atoms with van der Waals surface area (Å²) in [4.78, 5) is 2.53. The number of nitrogens with zero attached hydrogens (tertiary/aromatic N) is 1. The Morgan fingerprint density at radius 1 is 0.923 bits per heavy atom. The van der Waals surface area contributed by atoms with Gasteiger partial charge in [-0.05, 0) is 64.3 Å². The fourth-order valence-corrected chi connectivity index (χ4v) is 3.91. The number of aryl methyl sites for hydroxylation is 1. The lowest BCUT2D eigenvalue weighted by Gasteiger charge is -2.32. The first-order chi connectivity index (χ1) is 12.4. The molecule has 0 aliphatic carbocycles. The van der Waals surface area contributed by atoms with Crippen LogP contribution in [0.1, 0.15) is 70.1 Å². The second-order valence-corrected chi connectivity index (χ2v) is 7.82. The topological polar surface area (TPSA) is 23.5 Å². The number of hydrogen-bond donors (Lipinski definition) is 1. The fourth-order valence-electron chi connectivity index (χ4n) is 3.91. The van der Waals surface area contributed by atoms with Gasteiger partial charge >= 0.3 is 0 Å². The summed E-state index contributed by atoms with van der Waals surface area (Å²) in [6.45, 7) is 12.3. The Bertz CT molecular complexity index is 655. The maximum absolute atomic E-state index is 10.6. The van der Waals surface area contributed by atoms with E-state index in [2.05, 4.69) is 82.0 Å². The van der Waals surface area contributed by atoms with Crippen LogP contribution in [0.4, 0.5) is 0 Å². The summed E-state index contributed by atoms with van der Waals surface area (Å²) in [6.07, 6.45) is 3.18. The van der Waals surface area contributed by atoms with Crippen molar-refractivity contribution in [3.8, 4) is 5.75 Å². The van der Waals surface area contributed by atoms with E-state index in [1.54, 1.807) is 0 Å². The Morgan fingerprint density at radius 3 is 2.15 bits per heavy atom. The van der Waals surface area contributed by atoms with E-state index >= 15 is 0 Å². The molecule has 0 amide bonds. The van der Waals surface area contributed by atoms with Crippen molar-refractivity contribution in [2.24, 2.45) is 0 Å². The standard InChI is InChI=1S/C24H35NO/c1-6-10-20-13-14-24(26)23(17-20)22(21-11-8-7-9-12-21)15-16-25(18(2)3)19(4)5/h7-9,11-14,17-19,22,26H,6,10,15-16H2,1-5H3. The third-order valence-electron chi connectivity index (χ3n) is 5.21. The molecule has 0 heterocycles. The summed E-state index contributed by atoms with van der Waals surface area (Å²) in [5.74, 6) is 0.632. The summed E-state index contributed by atoms with van der Waals surface area (Å²) in [5.41, 5.74) is 3.66. The van der Waals surface area contributed by atoms with Crippen molar-refractivity contribution >= 4 is 0 Å². The molecule has 0 aliphatic heterocycles. The Morgan fingerprint density at radius 2 is 1.58 bits per heavy atom. The highest BCUT2D eigenvalue weighted by molar-refractivity contribution is 5.43. The Hall–Kier alpha value is -1.80. The third-order valence-corrected chi connectivity index (χ3v) is 5.21. The quantitative estimate of drug-likeness (QED) is 0.599. The van der Waals surface area contributed by atoms with Crippen LogP contribution in [0, 0.1) is 0 Å².